The summed E-state index contributed by atoms with van der Waals surface area (Å²) >= 11 is 0. The van der Waals surface area contributed by atoms with E-state index in [1.165, 1.54) is 0 Å². The van der Waals surface area contributed by atoms with E-state index in [4.69, 9.17) is 11.5 Å². The monoisotopic (exact) mass is 323 g/mol. The second kappa shape index (κ2) is 6.33. The number of hydrogen-bond donors (Lipinski definition) is 5. The molecule has 122 valence electrons. The third-order valence-electron chi connectivity index (χ3n) is 3.63. The normalized spacial score (nSPS) is 10.5. The molecule has 0 aliphatic rings. The van der Waals surface area contributed by atoms with Gasteiger partial charge in [-0.25, -0.2) is 4.79 Å². The van der Waals surface area contributed by atoms with Crippen LogP contribution in [0.3, 0.4) is 0 Å². The van der Waals surface area contributed by atoms with E-state index >= 15 is 0 Å². The van der Waals surface area contributed by atoms with E-state index in [0.717, 1.165) is 11.3 Å². The summed E-state index contributed by atoms with van der Waals surface area (Å²) < 4.78 is 0. The molecule has 7 nitrogen and oxygen atoms in total. The van der Waals surface area contributed by atoms with Crippen molar-refractivity contribution in [1.29, 1.82) is 0 Å². The van der Waals surface area contributed by atoms with Crippen molar-refractivity contribution in [2.75, 3.05) is 10.6 Å². The molecule has 2 aromatic carbocycles. The molecule has 0 saturated heterocycles. The topological polar surface area (TPSA) is 126 Å². The average molecular weight is 323 g/mol. The Balaban J connectivity index is 1.90. The lowest BCUT2D eigenvalue weighted by Crippen LogP contribution is -2.22. The maximum Gasteiger partial charge on any atom is 0.317 e. The van der Waals surface area contributed by atoms with Gasteiger partial charge in [-0.05, 0) is 23.8 Å². The standard InChI is InChI=1S/C17H17N5O2/c18-15(23)14-12-7-6-10(9-20-11-4-2-1-3-5-11)8-13(12)21-16(14)22-17(19)24/h1-8,20-21H,9H2,(H2,18,23)(H3,19,22,24). The van der Waals surface area contributed by atoms with Crippen LogP contribution in [0.25, 0.3) is 10.9 Å². The second-order valence-electron chi connectivity index (χ2n) is 5.33. The third-order valence-corrected chi connectivity index (χ3v) is 3.63. The van der Waals surface area contributed by atoms with Crippen molar-refractivity contribution in [2.45, 2.75) is 6.54 Å². The van der Waals surface area contributed by atoms with E-state index in [2.05, 4.69) is 15.6 Å². The number of benzene rings is 2. The zero-order valence-electron chi connectivity index (χ0n) is 12.8. The largest absolute Gasteiger partial charge is 0.381 e. The minimum atomic E-state index is -0.768. The van der Waals surface area contributed by atoms with Gasteiger partial charge in [0, 0.05) is 23.1 Å². The molecule has 0 unspecified atom stereocenters. The van der Waals surface area contributed by atoms with Crippen molar-refractivity contribution in [2.24, 2.45) is 11.5 Å². The molecule has 0 atom stereocenters. The number of rotatable bonds is 5. The molecule has 3 aromatic rings. The van der Waals surface area contributed by atoms with Gasteiger partial charge in [-0.3, -0.25) is 10.1 Å². The van der Waals surface area contributed by atoms with E-state index in [9.17, 15) is 9.59 Å². The number of carbonyl (C=O) groups is 2. The predicted molar refractivity (Wildman–Crippen MR) is 93.8 cm³/mol. The van der Waals surface area contributed by atoms with Gasteiger partial charge in [0.1, 0.15) is 5.82 Å². The van der Waals surface area contributed by atoms with Gasteiger partial charge in [-0.1, -0.05) is 30.3 Å². The summed E-state index contributed by atoms with van der Waals surface area (Å²) in [7, 11) is 0. The number of fused-ring (bicyclic) bond motifs is 1. The zero-order chi connectivity index (χ0) is 17.1. The number of para-hydroxylation sites is 1. The van der Waals surface area contributed by atoms with E-state index in [0.29, 0.717) is 17.4 Å². The molecule has 7 heteroatoms. The van der Waals surface area contributed by atoms with Crippen LogP contribution < -0.4 is 22.1 Å². The predicted octanol–water partition coefficient (Wildman–Crippen LogP) is 2.37. The van der Waals surface area contributed by atoms with Crippen LogP contribution >= 0.6 is 0 Å². The molecular formula is C17H17N5O2. The van der Waals surface area contributed by atoms with Crippen LogP contribution in [0.2, 0.25) is 0 Å². The van der Waals surface area contributed by atoms with Crippen LogP contribution in [-0.4, -0.2) is 16.9 Å². The van der Waals surface area contributed by atoms with Crippen LogP contribution in [-0.2, 0) is 6.54 Å². The number of primary amides is 2. The van der Waals surface area contributed by atoms with Crippen LogP contribution in [0.4, 0.5) is 16.3 Å². The second-order valence-corrected chi connectivity index (χ2v) is 5.33. The maximum absolute atomic E-state index is 11.7. The maximum atomic E-state index is 11.7. The Morgan fingerprint density at radius 2 is 1.79 bits per heavy atom. The fraction of sp³-hybridized carbons (Fsp3) is 0.0588. The van der Waals surface area contributed by atoms with Gasteiger partial charge in [0.15, 0.2) is 0 Å². The molecule has 7 N–H and O–H groups in total. The highest BCUT2D eigenvalue weighted by Gasteiger charge is 2.17. The molecule has 0 bridgehead atoms. The number of amides is 3. The van der Waals surface area contributed by atoms with Gasteiger partial charge in [0.2, 0.25) is 0 Å². The van der Waals surface area contributed by atoms with Crippen LogP contribution in [0.15, 0.2) is 48.5 Å². The number of urea groups is 1. The number of carbonyl (C=O) groups excluding carboxylic acids is 2. The summed E-state index contributed by atoms with van der Waals surface area (Å²) in [5.41, 5.74) is 13.5. The highest BCUT2D eigenvalue weighted by molar-refractivity contribution is 6.12. The fourth-order valence-electron chi connectivity index (χ4n) is 2.59. The van der Waals surface area contributed by atoms with Gasteiger partial charge in [-0.2, -0.15) is 0 Å². The Hall–Kier alpha value is -3.48. The number of anilines is 2. The molecule has 3 rings (SSSR count). The van der Waals surface area contributed by atoms with Crippen molar-refractivity contribution in [1.82, 2.24) is 4.98 Å². The lowest BCUT2D eigenvalue weighted by atomic mass is 10.1. The summed E-state index contributed by atoms with van der Waals surface area (Å²) in [6.45, 7) is 0.615. The Kier molecular flexibility index (Phi) is 4.07. The van der Waals surface area contributed by atoms with Gasteiger partial charge in [-0.15, -0.1) is 0 Å². The summed E-state index contributed by atoms with van der Waals surface area (Å²) in [6, 6.07) is 14.6. The van der Waals surface area contributed by atoms with Crippen molar-refractivity contribution < 1.29 is 9.59 Å². The molecule has 0 radical (unpaired) electrons. The van der Waals surface area contributed by atoms with Gasteiger partial charge in [0.25, 0.3) is 5.91 Å². The van der Waals surface area contributed by atoms with Crippen LogP contribution in [0.1, 0.15) is 15.9 Å². The minimum absolute atomic E-state index is 0.207. The molecule has 3 amide bonds. The first-order chi connectivity index (χ1) is 11.5. The molecule has 0 saturated carbocycles. The van der Waals surface area contributed by atoms with Crippen LogP contribution in [0.5, 0.6) is 0 Å². The molecule has 1 aromatic heterocycles. The third kappa shape index (κ3) is 3.14. The van der Waals surface area contributed by atoms with Gasteiger partial charge in [0.05, 0.1) is 5.56 Å². The van der Waals surface area contributed by atoms with Crippen LogP contribution in [0, 0.1) is 0 Å². The number of hydrogen-bond acceptors (Lipinski definition) is 3. The molecule has 0 fully saturated rings. The average Bonchev–Trinajstić information content (AvgIpc) is 2.90. The molecule has 1 heterocycles. The number of nitrogens with one attached hydrogen (secondary N) is 3. The SMILES string of the molecule is NC(=O)Nc1[nH]c2cc(CNc3ccccc3)ccc2c1C(N)=O. The summed E-state index contributed by atoms with van der Waals surface area (Å²) in [5, 5.41) is 6.33. The minimum Gasteiger partial charge on any atom is -0.381 e. The Labute approximate surface area is 138 Å². The van der Waals surface area contributed by atoms with E-state index in [-0.39, 0.29) is 11.4 Å². The Bertz CT molecular complexity index is 902. The van der Waals surface area contributed by atoms with E-state index in [1.54, 1.807) is 6.07 Å². The first kappa shape index (κ1) is 15.4. The number of aromatic nitrogens is 1. The lowest BCUT2D eigenvalue weighted by molar-refractivity contribution is 0.100. The van der Waals surface area contributed by atoms with Crippen molar-refractivity contribution >= 4 is 34.3 Å². The van der Waals surface area contributed by atoms with E-state index < -0.39 is 11.9 Å². The molecular weight excluding hydrogens is 306 g/mol. The molecule has 0 spiro atoms. The van der Waals surface area contributed by atoms with Gasteiger partial charge < -0.3 is 21.8 Å². The highest BCUT2D eigenvalue weighted by atomic mass is 16.2. The van der Waals surface area contributed by atoms with E-state index in [1.807, 2.05) is 42.5 Å². The number of aromatic amines is 1. The highest BCUT2D eigenvalue weighted by Crippen LogP contribution is 2.27. The first-order valence-corrected chi connectivity index (χ1v) is 7.34. The quantitative estimate of drug-likeness (QED) is 0.494. The van der Waals surface area contributed by atoms with Crippen molar-refractivity contribution in [3.05, 3.63) is 59.7 Å². The molecule has 0 aliphatic heterocycles. The smallest absolute Gasteiger partial charge is 0.317 e. The number of nitrogens with two attached hydrogens (primary N) is 2. The zero-order valence-corrected chi connectivity index (χ0v) is 12.8. The summed E-state index contributed by atoms with van der Waals surface area (Å²) in [5.74, 6) is -0.432. The fourth-order valence-corrected chi connectivity index (χ4v) is 2.59. The van der Waals surface area contributed by atoms with Crippen molar-refractivity contribution in [3.63, 3.8) is 0 Å². The Morgan fingerprint density at radius 1 is 1.04 bits per heavy atom. The number of H-pyrrole nitrogens is 1. The molecule has 0 aliphatic carbocycles. The summed E-state index contributed by atoms with van der Waals surface area (Å²) in [6.07, 6.45) is 0. The van der Waals surface area contributed by atoms with Crippen molar-refractivity contribution in [3.8, 4) is 0 Å². The molecule has 24 heavy (non-hydrogen) atoms. The Morgan fingerprint density at radius 3 is 2.46 bits per heavy atom. The summed E-state index contributed by atoms with van der Waals surface area (Å²) in [4.78, 5) is 25.7. The lowest BCUT2D eigenvalue weighted by Gasteiger charge is -2.06. The first-order valence-electron chi connectivity index (χ1n) is 7.34. The van der Waals surface area contributed by atoms with Gasteiger partial charge >= 0.3 is 6.03 Å².